The van der Waals surface area contributed by atoms with E-state index in [4.69, 9.17) is 0 Å². The number of aryl methyl sites for hydroxylation is 1. The fraction of sp³-hybridized carbons (Fsp3) is 0.692. The maximum atomic E-state index is 12.4. The van der Waals surface area contributed by atoms with Crippen LogP contribution >= 0.6 is 0 Å². The minimum absolute atomic E-state index is 0. The van der Waals surface area contributed by atoms with Crippen molar-refractivity contribution in [2.24, 2.45) is 18.9 Å². The Kier molecular flexibility index (Phi) is 4.29. The van der Waals surface area contributed by atoms with Gasteiger partial charge < -0.3 is 28.9 Å². The predicted octanol–water partition coefficient (Wildman–Crippen LogP) is -1.59. The number of rotatable bonds is 4. The number of amides is 1. The number of imidazole rings is 1. The zero-order valence-corrected chi connectivity index (χ0v) is 12.9. The molecular formula is C13H20IN3O. The lowest BCUT2D eigenvalue weighted by molar-refractivity contribution is -0.670. The average Bonchev–Trinajstić information content (AvgIpc) is 3.21. The van der Waals surface area contributed by atoms with E-state index in [2.05, 4.69) is 4.90 Å². The van der Waals surface area contributed by atoms with Gasteiger partial charge >= 0.3 is 6.03 Å². The zero-order valence-electron chi connectivity index (χ0n) is 10.8. The van der Waals surface area contributed by atoms with Crippen LogP contribution in [-0.2, 0) is 7.05 Å². The van der Waals surface area contributed by atoms with E-state index in [0.717, 1.165) is 24.9 Å². The molecule has 0 spiro atoms. The van der Waals surface area contributed by atoms with Gasteiger partial charge in [0.2, 0.25) is 0 Å². The molecule has 2 fully saturated rings. The lowest BCUT2D eigenvalue weighted by atomic mass is 10.3. The second kappa shape index (κ2) is 5.59. The van der Waals surface area contributed by atoms with Gasteiger partial charge in [-0.2, -0.15) is 4.57 Å². The van der Waals surface area contributed by atoms with Crippen LogP contribution in [0.4, 0.5) is 4.79 Å². The largest absolute Gasteiger partial charge is 1.00 e. The standard InChI is InChI=1S/C13H20N3O.HI/c1-14-6-7-15(10-14)13(17)16(8-11-2-3-11)9-12-4-5-12;/h6-7,10-12H,2-5,8-9H2,1H3;1H/q+1;/p-1. The van der Waals surface area contributed by atoms with Crippen molar-refractivity contribution in [2.75, 3.05) is 13.1 Å². The molecule has 100 valence electrons. The molecule has 2 saturated carbocycles. The van der Waals surface area contributed by atoms with E-state index in [1.807, 2.05) is 30.3 Å². The first-order valence-corrected chi connectivity index (χ1v) is 6.55. The van der Waals surface area contributed by atoms with Crippen LogP contribution in [0.3, 0.4) is 0 Å². The highest BCUT2D eigenvalue weighted by atomic mass is 127. The van der Waals surface area contributed by atoms with Gasteiger partial charge in [-0.1, -0.05) is 0 Å². The average molecular weight is 361 g/mol. The monoisotopic (exact) mass is 361 g/mol. The summed E-state index contributed by atoms with van der Waals surface area (Å²) in [7, 11) is 1.94. The highest BCUT2D eigenvalue weighted by Gasteiger charge is 2.33. The first-order valence-electron chi connectivity index (χ1n) is 6.55. The Hall–Kier alpha value is -0.590. The minimum Gasteiger partial charge on any atom is -1.00 e. The molecular weight excluding hydrogens is 341 g/mol. The van der Waals surface area contributed by atoms with Crippen LogP contribution in [-0.4, -0.2) is 28.6 Å². The summed E-state index contributed by atoms with van der Waals surface area (Å²) in [5.74, 6) is 1.53. The van der Waals surface area contributed by atoms with Crippen LogP contribution in [0.2, 0.25) is 0 Å². The van der Waals surface area contributed by atoms with E-state index < -0.39 is 0 Å². The first kappa shape index (κ1) is 13.8. The SMILES string of the molecule is C[n+]1ccn(C(=O)N(CC2CC2)CC2CC2)c1.[I-]. The normalized spacial score (nSPS) is 18.3. The molecule has 0 unspecified atom stereocenters. The molecule has 1 amide bonds. The molecule has 1 heterocycles. The van der Waals surface area contributed by atoms with Crippen molar-refractivity contribution in [3.05, 3.63) is 18.7 Å². The Bertz CT molecular complexity index is 410. The van der Waals surface area contributed by atoms with Crippen LogP contribution < -0.4 is 28.5 Å². The fourth-order valence-electron chi connectivity index (χ4n) is 2.18. The summed E-state index contributed by atoms with van der Waals surface area (Å²) in [6.45, 7) is 1.91. The lowest BCUT2D eigenvalue weighted by Gasteiger charge is -2.19. The second-order valence-electron chi connectivity index (χ2n) is 5.56. The lowest BCUT2D eigenvalue weighted by Crippen LogP contribution is -3.00. The van der Waals surface area contributed by atoms with E-state index in [9.17, 15) is 4.79 Å². The molecule has 0 aromatic carbocycles. The first-order chi connectivity index (χ1) is 8.22. The van der Waals surface area contributed by atoms with Crippen LogP contribution in [0.15, 0.2) is 18.7 Å². The van der Waals surface area contributed by atoms with Crippen LogP contribution in [0.5, 0.6) is 0 Å². The van der Waals surface area contributed by atoms with Crippen molar-refractivity contribution in [3.63, 3.8) is 0 Å². The number of nitrogens with zero attached hydrogens (tertiary/aromatic N) is 3. The third-order valence-corrected chi connectivity index (χ3v) is 3.61. The van der Waals surface area contributed by atoms with Crippen LogP contribution in [0.25, 0.3) is 0 Å². The molecule has 3 rings (SSSR count). The summed E-state index contributed by atoms with van der Waals surface area (Å²) >= 11 is 0. The van der Waals surface area contributed by atoms with Gasteiger partial charge in [-0.05, 0) is 37.5 Å². The molecule has 0 N–H and O–H groups in total. The van der Waals surface area contributed by atoms with Gasteiger partial charge in [0.15, 0.2) is 0 Å². The van der Waals surface area contributed by atoms with Crippen molar-refractivity contribution in [1.82, 2.24) is 9.47 Å². The molecule has 0 aliphatic heterocycles. The third kappa shape index (κ3) is 3.46. The number of halogens is 1. The van der Waals surface area contributed by atoms with Crippen molar-refractivity contribution >= 4 is 6.03 Å². The van der Waals surface area contributed by atoms with E-state index in [1.54, 1.807) is 4.57 Å². The molecule has 2 aliphatic carbocycles. The molecule has 5 heteroatoms. The molecule has 0 radical (unpaired) electrons. The molecule has 18 heavy (non-hydrogen) atoms. The number of aromatic nitrogens is 2. The van der Waals surface area contributed by atoms with Gasteiger partial charge in [0.25, 0.3) is 6.33 Å². The number of carbonyl (C=O) groups excluding carboxylic acids is 1. The van der Waals surface area contributed by atoms with Crippen molar-refractivity contribution in [1.29, 1.82) is 0 Å². The highest BCUT2D eigenvalue weighted by molar-refractivity contribution is 5.76. The Morgan fingerprint density at radius 3 is 2.22 bits per heavy atom. The van der Waals surface area contributed by atoms with E-state index >= 15 is 0 Å². The summed E-state index contributed by atoms with van der Waals surface area (Å²) in [6, 6.07) is 0.143. The molecule has 0 bridgehead atoms. The van der Waals surface area contributed by atoms with Crippen molar-refractivity contribution in [2.45, 2.75) is 25.7 Å². The summed E-state index contributed by atoms with van der Waals surface area (Å²) in [4.78, 5) is 14.4. The smallest absolute Gasteiger partial charge is 0.415 e. The molecule has 4 nitrogen and oxygen atoms in total. The summed E-state index contributed by atoms with van der Waals surface area (Å²) in [5.41, 5.74) is 0. The maximum absolute atomic E-state index is 12.4. The molecule has 2 aliphatic rings. The van der Waals surface area contributed by atoms with Gasteiger partial charge in [-0.25, -0.2) is 9.36 Å². The Morgan fingerprint density at radius 1 is 1.28 bits per heavy atom. The molecule has 0 atom stereocenters. The topological polar surface area (TPSA) is 29.1 Å². The van der Waals surface area contributed by atoms with E-state index in [1.165, 1.54) is 25.7 Å². The number of hydrogen-bond donors (Lipinski definition) is 0. The van der Waals surface area contributed by atoms with Crippen LogP contribution in [0, 0.1) is 11.8 Å². The van der Waals surface area contributed by atoms with Gasteiger partial charge in [0, 0.05) is 13.1 Å². The van der Waals surface area contributed by atoms with Gasteiger partial charge in [0.05, 0.1) is 7.05 Å². The third-order valence-electron chi connectivity index (χ3n) is 3.61. The summed E-state index contributed by atoms with van der Waals surface area (Å²) in [6.07, 6.45) is 10.8. The van der Waals surface area contributed by atoms with Gasteiger partial charge in [-0.15, -0.1) is 0 Å². The Balaban J connectivity index is 0.00000120. The number of carbonyl (C=O) groups is 1. The molecule has 1 aromatic rings. The molecule has 0 saturated heterocycles. The quantitative estimate of drug-likeness (QED) is 0.470. The van der Waals surface area contributed by atoms with E-state index in [-0.39, 0.29) is 30.0 Å². The number of hydrogen-bond acceptors (Lipinski definition) is 1. The van der Waals surface area contributed by atoms with Gasteiger partial charge in [-0.3, -0.25) is 0 Å². The second-order valence-corrected chi connectivity index (χ2v) is 5.56. The molecule has 1 aromatic heterocycles. The fourth-order valence-corrected chi connectivity index (χ4v) is 2.18. The zero-order chi connectivity index (χ0) is 11.8. The minimum atomic E-state index is 0. The van der Waals surface area contributed by atoms with E-state index in [0.29, 0.717) is 0 Å². The van der Waals surface area contributed by atoms with Crippen molar-refractivity contribution in [3.8, 4) is 0 Å². The Morgan fingerprint density at radius 2 is 1.83 bits per heavy atom. The summed E-state index contributed by atoms with van der Waals surface area (Å²) in [5, 5.41) is 0. The van der Waals surface area contributed by atoms with Crippen molar-refractivity contribution < 1.29 is 33.3 Å². The highest BCUT2D eigenvalue weighted by Crippen LogP contribution is 2.33. The van der Waals surface area contributed by atoms with Gasteiger partial charge in [0.1, 0.15) is 12.4 Å². The Labute approximate surface area is 125 Å². The maximum Gasteiger partial charge on any atom is 0.415 e. The van der Waals surface area contributed by atoms with Crippen LogP contribution in [0.1, 0.15) is 25.7 Å². The predicted molar refractivity (Wildman–Crippen MR) is 63.4 cm³/mol. The summed E-state index contributed by atoms with van der Waals surface area (Å²) < 4.78 is 3.61.